The molecule has 0 fully saturated rings. The van der Waals surface area contributed by atoms with Crippen molar-refractivity contribution < 1.29 is 4.79 Å². The molecule has 2 N–H and O–H groups in total. The standard InChI is InChI=1S/C11H25N3O/c1-5-13(4)11(15)9-14(6-2)8-10(3)7-12/h10H,5-9,12H2,1-4H3. The molecule has 4 nitrogen and oxygen atoms in total. The van der Waals surface area contributed by atoms with Gasteiger partial charge in [0.2, 0.25) is 5.91 Å². The quantitative estimate of drug-likeness (QED) is 0.668. The van der Waals surface area contributed by atoms with Crippen molar-refractivity contribution >= 4 is 5.91 Å². The van der Waals surface area contributed by atoms with Gasteiger partial charge in [-0.15, -0.1) is 0 Å². The van der Waals surface area contributed by atoms with Crippen LogP contribution in [0.15, 0.2) is 0 Å². The van der Waals surface area contributed by atoms with Crippen LogP contribution in [0.25, 0.3) is 0 Å². The van der Waals surface area contributed by atoms with E-state index >= 15 is 0 Å². The van der Waals surface area contributed by atoms with Crippen molar-refractivity contribution in [3.05, 3.63) is 0 Å². The lowest BCUT2D eigenvalue weighted by molar-refractivity contribution is -0.131. The van der Waals surface area contributed by atoms with Crippen LogP contribution in [-0.4, -0.2) is 55.5 Å². The van der Waals surface area contributed by atoms with Crippen molar-refractivity contribution in [2.75, 3.05) is 39.8 Å². The number of carbonyl (C=O) groups excluding carboxylic acids is 1. The Labute approximate surface area is 93.4 Å². The summed E-state index contributed by atoms with van der Waals surface area (Å²) in [6.07, 6.45) is 0. The van der Waals surface area contributed by atoms with E-state index in [4.69, 9.17) is 5.73 Å². The Kier molecular flexibility index (Phi) is 7.34. The Bertz CT molecular complexity index is 185. The van der Waals surface area contributed by atoms with Crippen LogP contribution in [-0.2, 0) is 4.79 Å². The van der Waals surface area contributed by atoms with Crippen LogP contribution >= 0.6 is 0 Å². The highest BCUT2D eigenvalue weighted by Gasteiger charge is 2.13. The Morgan fingerprint density at radius 1 is 1.33 bits per heavy atom. The highest BCUT2D eigenvalue weighted by molar-refractivity contribution is 5.77. The molecule has 1 amide bonds. The summed E-state index contributed by atoms with van der Waals surface area (Å²) in [7, 11) is 1.84. The van der Waals surface area contributed by atoms with E-state index in [2.05, 4.69) is 18.7 Å². The van der Waals surface area contributed by atoms with E-state index < -0.39 is 0 Å². The highest BCUT2D eigenvalue weighted by Crippen LogP contribution is 1.99. The van der Waals surface area contributed by atoms with Gasteiger partial charge in [0.15, 0.2) is 0 Å². The first-order chi connectivity index (χ1) is 7.04. The van der Waals surface area contributed by atoms with Gasteiger partial charge in [-0.3, -0.25) is 9.69 Å². The average molecular weight is 215 g/mol. The minimum absolute atomic E-state index is 0.184. The van der Waals surface area contributed by atoms with E-state index in [1.807, 2.05) is 14.0 Å². The maximum absolute atomic E-state index is 11.7. The van der Waals surface area contributed by atoms with Gasteiger partial charge in [0, 0.05) is 20.1 Å². The van der Waals surface area contributed by atoms with Crippen molar-refractivity contribution in [2.45, 2.75) is 20.8 Å². The Morgan fingerprint density at radius 2 is 1.93 bits per heavy atom. The second-order valence-electron chi connectivity index (χ2n) is 4.08. The van der Waals surface area contributed by atoms with Gasteiger partial charge < -0.3 is 10.6 Å². The van der Waals surface area contributed by atoms with Crippen LogP contribution in [0.5, 0.6) is 0 Å². The molecule has 0 bridgehead atoms. The van der Waals surface area contributed by atoms with Crippen LogP contribution in [0.4, 0.5) is 0 Å². The third-order valence-electron chi connectivity index (χ3n) is 2.68. The van der Waals surface area contributed by atoms with Crippen LogP contribution < -0.4 is 5.73 Å². The smallest absolute Gasteiger partial charge is 0.236 e. The van der Waals surface area contributed by atoms with Gasteiger partial charge in [0.05, 0.1) is 6.54 Å². The van der Waals surface area contributed by atoms with E-state index in [-0.39, 0.29) is 5.91 Å². The van der Waals surface area contributed by atoms with Gasteiger partial charge in [0.25, 0.3) is 0 Å². The van der Waals surface area contributed by atoms with Gasteiger partial charge in [-0.2, -0.15) is 0 Å². The highest BCUT2D eigenvalue weighted by atomic mass is 16.2. The van der Waals surface area contributed by atoms with Gasteiger partial charge in [-0.25, -0.2) is 0 Å². The molecule has 0 saturated heterocycles. The molecule has 0 heterocycles. The van der Waals surface area contributed by atoms with Crippen molar-refractivity contribution in [1.82, 2.24) is 9.80 Å². The number of hydrogen-bond donors (Lipinski definition) is 1. The number of rotatable bonds is 7. The van der Waals surface area contributed by atoms with Gasteiger partial charge in [-0.1, -0.05) is 13.8 Å². The number of hydrogen-bond acceptors (Lipinski definition) is 3. The minimum atomic E-state index is 0.184. The molecule has 1 atom stereocenters. The van der Waals surface area contributed by atoms with Crippen LogP contribution in [0.1, 0.15) is 20.8 Å². The number of likely N-dealkylation sites (N-methyl/N-ethyl adjacent to an activating group) is 2. The summed E-state index contributed by atoms with van der Waals surface area (Å²) in [5, 5.41) is 0. The fraction of sp³-hybridized carbons (Fsp3) is 0.909. The molecule has 90 valence electrons. The monoisotopic (exact) mass is 215 g/mol. The predicted octanol–water partition coefficient (Wildman–Crippen LogP) is 0.381. The Balaban J connectivity index is 4.03. The van der Waals surface area contributed by atoms with E-state index in [0.29, 0.717) is 19.0 Å². The molecule has 0 aromatic rings. The maximum atomic E-state index is 11.7. The second-order valence-corrected chi connectivity index (χ2v) is 4.08. The molecule has 1 unspecified atom stereocenters. The van der Waals surface area contributed by atoms with Gasteiger partial charge in [0.1, 0.15) is 0 Å². The zero-order chi connectivity index (χ0) is 11.8. The Morgan fingerprint density at radius 3 is 2.33 bits per heavy atom. The lowest BCUT2D eigenvalue weighted by Crippen LogP contribution is -2.40. The van der Waals surface area contributed by atoms with Crippen LogP contribution in [0.3, 0.4) is 0 Å². The molecule has 0 aliphatic heterocycles. The normalized spacial score (nSPS) is 12.9. The molecule has 0 aliphatic carbocycles. The zero-order valence-corrected chi connectivity index (χ0v) is 10.5. The van der Waals surface area contributed by atoms with Gasteiger partial charge >= 0.3 is 0 Å². The number of amides is 1. The summed E-state index contributed by atoms with van der Waals surface area (Å²) in [6.45, 7) is 9.90. The van der Waals surface area contributed by atoms with E-state index in [0.717, 1.165) is 19.6 Å². The number of nitrogens with two attached hydrogens (primary N) is 1. The van der Waals surface area contributed by atoms with Gasteiger partial charge in [-0.05, 0) is 25.9 Å². The molecule has 0 spiro atoms. The topological polar surface area (TPSA) is 49.6 Å². The van der Waals surface area contributed by atoms with E-state index in [9.17, 15) is 4.79 Å². The first-order valence-corrected chi connectivity index (χ1v) is 5.71. The fourth-order valence-corrected chi connectivity index (χ4v) is 1.31. The summed E-state index contributed by atoms with van der Waals surface area (Å²) in [6, 6.07) is 0. The van der Waals surface area contributed by atoms with Crippen molar-refractivity contribution in [3.8, 4) is 0 Å². The lowest BCUT2D eigenvalue weighted by Gasteiger charge is -2.25. The van der Waals surface area contributed by atoms with Crippen molar-refractivity contribution in [3.63, 3.8) is 0 Å². The molecule has 0 rings (SSSR count). The number of carbonyl (C=O) groups is 1. The van der Waals surface area contributed by atoms with Crippen molar-refractivity contribution in [2.24, 2.45) is 11.7 Å². The molecular weight excluding hydrogens is 190 g/mol. The third-order valence-corrected chi connectivity index (χ3v) is 2.68. The Hall–Kier alpha value is -0.610. The first-order valence-electron chi connectivity index (χ1n) is 5.71. The van der Waals surface area contributed by atoms with Crippen LogP contribution in [0, 0.1) is 5.92 Å². The fourth-order valence-electron chi connectivity index (χ4n) is 1.31. The van der Waals surface area contributed by atoms with E-state index in [1.54, 1.807) is 4.90 Å². The molecule has 4 heteroatoms. The molecule has 0 aromatic heterocycles. The molecule has 0 aliphatic rings. The molecule has 0 radical (unpaired) electrons. The summed E-state index contributed by atoms with van der Waals surface area (Å²) < 4.78 is 0. The SMILES string of the molecule is CCN(CC(=O)N(C)CC)CC(C)CN. The average Bonchev–Trinajstić information content (AvgIpc) is 2.26. The molecule has 15 heavy (non-hydrogen) atoms. The van der Waals surface area contributed by atoms with E-state index in [1.165, 1.54) is 0 Å². The predicted molar refractivity (Wildman–Crippen MR) is 63.6 cm³/mol. The molecule has 0 saturated carbocycles. The first kappa shape index (κ1) is 14.4. The minimum Gasteiger partial charge on any atom is -0.345 e. The molecule has 0 aromatic carbocycles. The third kappa shape index (κ3) is 5.74. The van der Waals surface area contributed by atoms with Crippen LogP contribution in [0.2, 0.25) is 0 Å². The summed E-state index contributed by atoms with van der Waals surface area (Å²) >= 11 is 0. The summed E-state index contributed by atoms with van der Waals surface area (Å²) in [5.74, 6) is 0.633. The molecular formula is C11H25N3O. The van der Waals surface area contributed by atoms with Crippen molar-refractivity contribution in [1.29, 1.82) is 0 Å². The second kappa shape index (κ2) is 7.65. The summed E-state index contributed by atoms with van der Waals surface area (Å²) in [5.41, 5.74) is 5.57. The largest absolute Gasteiger partial charge is 0.345 e. The zero-order valence-electron chi connectivity index (χ0n) is 10.5. The lowest BCUT2D eigenvalue weighted by atomic mass is 10.1. The number of nitrogens with zero attached hydrogens (tertiary/aromatic N) is 2. The summed E-state index contributed by atoms with van der Waals surface area (Å²) in [4.78, 5) is 15.6. The maximum Gasteiger partial charge on any atom is 0.236 e.